The van der Waals surface area contributed by atoms with Gasteiger partial charge in [0.1, 0.15) is 5.69 Å². The van der Waals surface area contributed by atoms with E-state index in [1.807, 2.05) is 72.4 Å². The quantitative estimate of drug-likeness (QED) is 0.291. The Labute approximate surface area is 233 Å². The fourth-order valence-electron chi connectivity index (χ4n) is 5.01. The van der Waals surface area contributed by atoms with E-state index in [2.05, 4.69) is 63.6 Å². The normalized spacial score (nSPS) is 13.4. The lowest BCUT2D eigenvalue weighted by Gasteiger charge is -2.16. The van der Waals surface area contributed by atoms with Gasteiger partial charge >= 0.3 is 0 Å². The second-order valence-corrected chi connectivity index (χ2v) is 10.1. The van der Waals surface area contributed by atoms with Crippen molar-refractivity contribution in [3.8, 4) is 11.3 Å². The van der Waals surface area contributed by atoms with E-state index in [1.165, 1.54) is 11.1 Å². The molecule has 0 aliphatic heterocycles. The number of aromatic nitrogens is 5. The first-order valence-corrected chi connectivity index (χ1v) is 13.5. The van der Waals surface area contributed by atoms with Gasteiger partial charge < -0.3 is 5.32 Å². The van der Waals surface area contributed by atoms with Crippen molar-refractivity contribution >= 4 is 22.6 Å². The standard InChI is InChI=1S/C26H22N6O.C7H8/c1-2-27-24(33)18-7-5-17(6-8-18)22-15-29-25-30-16-23(32(25)31-22)26(11-12-26)20-9-10-21-19(14-20)4-3-13-28-21;1-7-5-3-2-4-6-7/h3-10,13-16H,2,11-12H2,1H3,(H,27,33);2-6H,1H3. The van der Waals surface area contributed by atoms with Crippen molar-refractivity contribution in [2.75, 3.05) is 6.54 Å². The van der Waals surface area contributed by atoms with Gasteiger partial charge in [0.15, 0.2) is 0 Å². The maximum absolute atomic E-state index is 12.1. The molecule has 7 rings (SSSR count). The van der Waals surface area contributed by atoms with Crippen LogP contribution in [-0.4, -0.2) is 37.0 Å². The minimum absolute atomic E-state index is 0.0799. The summed E-state index contributed by atoms with van der Waals surface area (Å²) in [6.45, 7) is 4.59. The predicted molar refractivity (Wildman–Crippen MR) is 157 cm³/mol. The monoisotopic (exact) mass is 526 g/mol. The Morgan fingerprint density at radius 2 is 1.68 bits per heavy atom. The van der Waals surface area contributed by atoms with Gasteiger partial charge in [-0.15, -0.1) is 0 Å². The number of amides is 1. The van der Waals surface area contributed by atoms with Gasteiger partial charge in [0, 0.05) is 34.7 Å². The summed E-state index contributed by atoms with van der Waals surface area (Å²) in [6.07, 6.45) is 7.53. The van der Waals surface area contributed by atoms with E-state index in [1.54, 1.807) is 6.20 Å². The molecular weight excluding hydrogens is 496 g/mol. The van der Waals surface area contributed by atoms with Gasteiger partial charge in [-0.05, 0) is 62.6 Å². The third kappa shape index (κ3) is 4.94. The molecule has 0 unspecified atom stereocenters. The third-order valence-corrected chi connectivity index (χ3v) is 7.35. The molecule has 0 bridgehead atoms. The maximum atomic E-state index is 12.1. The number of hydrogen-bond donors (Lipinski definition) is 1. The molecule has 0 spiro atoms. The van der Waals surface area contributed by atoms with Crippen LogP contribution in [0, 0.1) is 6.92 Å². The van der Waals surface area contributed by atoms with Crippen LogP contribution in [0.2, 0.25) is 0 Å². The van der Waals surface area contributed by atoms with Gasteiger partial charge in [0.05, 0.1) is 23.6 Å². The van der Waals surface area contributed by atoms with E-state index >= 15 is 0 Å². The summed E-state index contributed by atoms with van der Waals surface area (Å²) in [5.74, 6) is 0.505. The Kier molecular flexibility index (Phi) is 6.78. The van der Waals surface area contributed by atoms with Crippen LogP contribution in [0.4, 0.5) is 0 Å². The summed E-state index contributed by atoms with van der Waals surface area (Å²) in [7, 11) is 0. The molecule has 3 aromatic heterocycles. The minimum atomic E-state index is -0.112. The fraction of sp³-hybridized carbons (Fsp3) is 0.182. The van der Waals surface area contributed by atoms with Gasteiger partial charge in [-0.2, -0.15) is 9.61 Å². The van der Waals surface area contributed by atoms with Crippen molar-refractivity contribution in [3.05, 3.63) is 126 Å². The van der Waals surface area contributed by atoms with Gasteiger partial charge in [-0.3, -0.25) is 9.78 Å². The highest BCUT2D eigenvalue weighted by molar-refractivity contribution is 5.94. The van der Waals surface area contributed by atoms with Crippen LogP contribution in [0.25, 0.3) is 27.9 Å². The average Bonchev–Trinajstić information content (AvgIpc) is 3.69. The zero-order valence-electron chi connectivity index (χ0n) is 22.6. The average molecular weight is 527 g/mol. The summed E-state index contributed by atoms with van der Waals surface area (Å²) in [5, 5.41) is 8.84. The smallest absolute Gasteiger partial charge is 0.251 e. The minimum Gasteiger partial charge on any atom is -0.352 e. The molecular formula is C33H30N6O. The third-order valence-electron chi connectivity index (χ3n) is 7.35. The highest BCUT2D eigenvalue weighted by atomic mass is 16.1. The van der Waals surface area contributed by atoms with Gasteiger partial charge in [0.25, 0.3) is 11.7 Å². The van der Waals surface area contributed by atoms with E-state index in [0.29, 0.717) is 17.9 Å². The zero-order chi connectivity index (χ0) is 27.5. The van der Waals surface area contributed by atoms with E-state index in [0.717, 1.165) is 40.7 Å². The summed E-state index contributed by atoms with van der Waals surface area (Å²) >= 11 is 0. The van der Waals surface area contributed by atoms with Crippen LogP contribution in [0.5, 0.6) is 0 Å². The number of pyridine rings is 1. The number of carbonyl (C=O) groups is 1. The summed E-state index contributed by atoms with van der Waals surface area (Å²) < 4.78 is 1.87. The van der Waals surface area contributed by atoms with Crippen LogP contribution < -0.4 is 5.32 Å². The lowest BCUT2D eigenvalue weighted by Crippen LogP contribution is -2.22. The maximum Gasteiger partial charge on any atom is 0.251 e. The number of carbonyl (C=O) groups excluding carboxylic acids is 1. The van der Waals surface area contributed by atoms with Crippen LogP contribution in [0.15, 0.2) is 104 Å². The fourth-order valence-corrected chi connectivity index (χ4v) is 5.01. The summed E-state index contributed by atoms with van der Waals surface area (Å²) in [6, 6.07) is 28.2. The molecule has 7 heteroatoms. The Morgan fingerprint density at radius 3 is 2.38 bits per heavy atom. The lowest BCUT2D eigenvalue weighted by molar-refractivity contribution is 0.0956. The predicted octanol–water partition coefficient (Wildman–Crippen LogP) is 6.16. The van der Waals surface area contributed by atoms with Crippen molar-refractivity contribution in [2.45, 2.75) is 32.1 Å². The molecule has 0 atom stereocenters. The number of rotatable bonds is 5. The van der Waals surface area contributed by atoms with E-state index < -0.39 is 0 Å². The number of nitrogens with zero attached hydrogens (tertiary/aromatic N) is 5. The second kappa shape index (κ2) is 10.7. The molecule has 1 fully saturated rings. The molecule has 1 saturated carbocycles. The molecule has 0 saturated heterocycles. The number of imidazole rings is 1. The van der Waals surface area contributed by atoms with Crippen molar-refractivity contribution in [2.24, 2.45) is 0 Å². The number of aryl methyl sites for hydroxylation is 1. The van der Waals surface area contributed by atoms with Crippen LogP contribution in [0.3, 0.4) is 0 Å². The Bertz CT molecular complexity index is 1790. The molecule has 1 amide bonds. The van der Waals surface area contributed by atoms with Crippen molar-refractivity contribution in [1.29, 1.82) is 0 Å². The summed E-state index contributed by atoms with van der Waals surface area (Å²) in [4.78, 5) is 25.6. The Morgan fingerprint density at radius 1 is 0.900 bits per heavy atom. The zero-order valence-corrected chi connectivity index (χ0v) is 22.6. The van der Waals surface area contributed by atoms with E-state index in [9.17, 15) is 4.79 Å². The summed E-state index contributed by atoms with van der Waals surface area (Å²) in [5.41, 5.74) is 6.77. The van der Waals surface area contributed by atoms with Crippen LogP contribution in [-0.2, 0) is 5.41 Å². The molecule has 0 radical (unpaired) electrons. The number of fused-ring (bicyclic) bond motifs is 2. The largest absolute Gasteiger partial charge is 0.352 e. The number of hydrogen-bond acceptors (Lipinski definition) is 5. The molecule has 7 nitrogen and oxygen atoms in total. The highest BCUT2D eigenvalue weighted by Gasteiger charge is 2.48. The van der Waals surface area contributed by atoms with Crippen LogP contribution in [0.1, 0.15) is 46.9 Å². The molecule has 3 heterocycles. The SMILES string of the molecule is CCNC(=O)c1ccc(-c2cnc3ncc(C4(c5ccc6ncccc6c5)CC4)n3n2)cc1.Cc1ccccc1. The second-order valence-electron chi connectivity index (χ2n) is 10.1. The lowest BCUT2D eigenvalue weighted by atomic mass is 9.91. The topological polar surface area (TPSA) is 85.1 Å². The first-order chi connectivity index (χ1) is 19.6. The first-order valence-electron chi connectivity index (χ1n) is 13.5. The molecule has 40 heavy (non-hydrogen) atoms. The van der Waals surface area contributed by atoms with E-state index in [-0.39, 0.29) is 11.3 Å². The van der Waals surface area contributed by atoms with Gasteiger partial charge in [-0.25, -0.2) is 9.97 Å². The van der Waals surface area contributed by atoms with Crippen LogP contribution >= 0.6 is 0 Å². The van der Waals surface area contributed by atoms with Crippen molar-refractivity contribution < 1.29 is 4.79 Å². The van der Waals surface area contributed by atoms with Crippen molar-refractivity contribution in [1.82, 2.24) is 29.9 Å². The molecule has 198 valence electrons. The molecule has 1 aliphatic carbocycles. The molecule has 6 aromatic rings. The number of benzene rings is 3. The van der Waals surface area contributed by atoms with E-state index in [4.69, 9.17) is 5.10 Å². The first kappa shape index (κ1) is 25.4. The molecule has 1 N–H and O–H groups in total. The van der Waals surface area contributed by atoms with Gasteiger partial charge in [-0.1, -0.05) is 60.2 Å². The molecule has 3 aromatic carbocycles. The highest BCUT2D eigenvalue weighted by Crippen LogP contribution is 2.53. The Balaban J connectivity index is 0.000000363. The Hall–Kier alpha value is -4.91. The van der Waals surface area contributed by atoms with Crippen molar-refractivity contribution in [3.63, 3.8) is 0 Å². The number of nitrogens with one attached hydrogen (secondary N) is 1. The van der Waals surface area contributed by atoms with Gasteiger partial charge in [0.2, 0.25) is 0 Å². The molecule has 1 aliphatic rings.